The third kappa shape index (κ3) is 3.29. The first-order valence-corrected chi connectivity index (χ1v) is 8.23. The molecule has 0 saturated carbocycles. The first-order valence-electron chi connectivity index (χ1n) is 5.41. The van der Waals surface area contributed by atoms with Crippen LogP contribution in [0, 0.1) is 0 Å². The van der Waals surface area contributed by atoms with E-state index in [-0.39, 0.29) is 10.6 Å². The molecule has 2 aromatic carbocycles. The summed E-state index contributed by atoms with van der Waals surface area (Å²) in [4.78, 5) is 0.245. The molecule has 6 heteroatoms. The van der Waals surface area contributed by atoms with Crippen molar-refractivity contribution < 1.29 is 8.42 Å². The molecular weight excluding hydrogens is 350 g/mol. The lowest BCUT2D eigenvalue weighted by molar-refractivity contribution is 0.595. The van der Waals surface area contributed by atoms with Gasteiger partial charge in [0.05, 0.1) is 10.6 Å². The Labute approximate surface area is 125 Å². The number of hydrogen-bond acceptors (Lipinski definition) is 3. The van der Waals surface area contributed by atoms with Crippen molar-refractivity contribution in [2.45, 2.75) is 10.6 Å². The van der Waals surface area contributed by atoms with Gasteiger partial charge in [0, 0.05) is 15.2 Å². The molecule has 2 rings (SSSR count). The Balaban J connectivity index is 2.43. The predicted molar refractivity (Wildman–Crippen MR) is 80.9 cm³/mol. The largest absolute Gasteiger partial charge is 0.398 e. The summed E-state index contributed by atoms with van der Waals surface area (Å²) < 4.78 is 25.3. The maximum Gasteiger partial charge on any atom is 0.183 e. The van der Waals surface area contributed by atoms with Crippen LogP contribution in [-0.2, 0) is 15.6 Å². The standard InChI is InChI=1S/C13H11BrClNO2S/c14-11-3-1-2-4-13(11)19(17,18)8-9-7-10(15)5-6-12(9)16/h1-7H,8,16H2. The highest BCUT2D eigenvalue weighted by molar-refractivity contribution is 9.10. The monoisotopic (exact) mass is 359 g/mol. The van der Waals surface area contributed by atoms with E-state index in [4.69, 9.17) is 17.3 Å². The molecule has 0 radical (unpaired) electrons. The smallest absolute Gasteiger partial charge is 0.183 e. The minimum Gasteiger partial charge on any atom is -0.398 e. The maximum atomic E-state index is 12.4. The summed E-state index contributed by atoms with van der Waals surface area (Å²) in [7, 11) is -3.47. The number of benzene rings is 2. The molecular formula is C13H11BrClNO2S. The average Bonchev–Trinajstić information content (AvgIpc) is 2.34. The minimum absolute atomic E-state index is 0.179. The third-order valence-corrected chi connectivity index (χ3v) is 5.53. The molecule has 2 N–H and O–H groups in total. The lowest BCUT2D eigenvalue weighted by atomic mass is 10.2. The first-order chi connectivity index (χ1) is 8.90. The van der Waals surface area contributed by atoms with Crippen molar-refractivity contribution in [2.75, 3.05) is 5.73 Å². The fourth-order valence-electron chi connectivity index (χ4n) is 1.68. The predicted octanol–water partition coefficient (Wildman–Crippen LogP) is 3.66. The van der Waals surface area contributed by atoms with Crippen molar-refractivity contribution in [3.05, 3.63) is 57.5 Å². The summed E-state index contributed by atoms with van der Waals surface area (Å²) in [6, 6.07) is 11.5. The van der Waals surface area contributed by atoms with Crippen LogP contribution < -0.4 is 5.73 Å². The second-order valence-corrected chi connectivity index (χ2v) is 7.28. The zero-order valence-electron chi connectivity index (χ0n) is 9.81. The van der Waals surface area contributed by atoms with Crippen molar-refractivity contribution in [1.82, 2.24) is 0 Å². The summed E-state index contributed by atoms with van der Waals surface area (Å²) in [6.45, 7) is 0. The average molecular weight is 361 g/mol. The van der Waals surface area contributed by atoms with Crippen LogP contribution in [0.5, 0.6) is 0 Å². The SMILES string of the molecule is Nc1ccc(Cl)cc1CS(=O)(=O)c1ccccc1Br. The van der Waals surface area contributed by atoms with E-state index in [0.717, 1.165) is 0 Å². The highest BCUT2D eigenvalue weighted by Gasteiger charge is 2.19. The molecule has 100 valence electrons. The molecule has 0 aliphatic rings. The fraction of sp³-hybridized carbons (Fsp3) is 0.0769. The molecule has 2 aromatic rings. The van der Waals surface area contributed by atoms with Crippen LogP contribution in [0.3, 0.4) is 0 Å². The Hall–Kier alpha value is -1.04. The topological polar surface area (TPSA) is 60.2 Å². The Morgan fingerprint density at radius 2 is 1.84 bits per heavy atom. The van der Waals surface area contributed by atoms with Gasteiger partial charge in [0.2, 0.25) is 0 Å². The molecule has 0 fully saturated rings. The summed E-state index contributed by atoms with van der Waals surface area (Å²) in [5.74, 6) is -0.179. The zero-order chi connectivity index (χ0) is 14.0. The second kappa shape index (κ2) is 5.53. The molecule has 0 aliphatic carbocycles. The number of sulfone groups is 1. The Morgan fingerprint density at radius 3 is 2.53 bits per heavy atom. The normalized spacial score (nSPS) is 11.5. The summed E-state index contributed by atoms with van der Waals surface area (Å²) in [6.07, 6.45) is 0. The number of rotatable bonds is 3. The van der Waals surface area contributed by atoms with Gasteiger partial charge in [-0.3, -0.25) is 0 Å². The molecule has 0 amide bonds. The van der Waals surface area contributed by atoms with E-state index in [1.54, 1.807) is 42.5 Å². The van der Waals surface area contributed by atoms with Crippen molar-refractivity contribution in [3.63, 3.8) is 0 Å². The Bertz CT molecular complexity index is 716. The van der Waals surface area contributed by atoms with Gasteiger partial charge in [-0.1, -0.05) is 23.7 Å². The minimum atomic E-state index is -3.47. The van der Waals surface area contributed by atoms with Gasteiger partial charge in [-0.25, -0.2) is 8.42 Å². The van der Waals surface area contributed by atoms with Gasteiger partial charge in [0.1, 0.15) is 0 Å². The van der Waals surface area contributed by atoms with E-state index in [2.05, 4.69) is 15.9 Å². The van der Waals surface area contributed by atoms with Gasteiger partial charge in [0.15, 0.2) is 9.84 Å². The third-order valence-electron chi connectivity index (χ3n) is 2.62. The second-order valence-electron chi connectivity index (χ2n) is 4.03. The van der Waals surface area contributed by atoms with Gasteiger partial charge in [-0.05, 0) is 51.8 Å². The molecule has 0 aliphatic heterocycles. The molecule has 0 bridgehead atoms. The van der Waals surface area contributed by atoms with Crippen LogP contribution in [0.15, 0.2) is 51.8 Å². The Morgan fingerprint density at radius 1 is 1.16 bits per heavy atom. The van der Waals surface area contributed by atoms with Gasteiger partial charge in [-0.2, -0.15) is 0 Å². The molecule has 0 saturated heterocycles. The van der Waals surface area contributed by atoms with E-state index in [1.807, 2.05) is 0 Å². The lowest BCUT2D eigenvalue weighted by Gasteiger charge is -2.09. The highest BCUT2D eigenvalue weighted by atomic mass is 79.9. The molecule has 3 nitrogen and oxygen atoms in total. The van der Waals surface area contributed by atoms with Gasteiger partial charge >= 0.3 is 0 Å². The molecule has 0 heterocycles. The lowest BCUT2D eigenvalue weighted by Crippen LogP contribution is -2.07. The van der Waals surface area contributed by atoms with E-state index >= 15 is 0 Å². The van der Waals surface area contributed by atoms with Crippen LogP contribution in [-0.4, -0.2) is 8.42 Å². The summed E-state index contributed by atoms with van der Waals surface area (Å²) in [5.41, 5.74) is 6.70. The molecule has 0 spiro atoms. The number of nitrogens with two attached hydrogens (primary N) is 1. The van der Waals surface area contributed by atoms with E-state index < -0.39 is 9.84 Å². The highest BCUT2D eigenvalue weighted by Crippen LogP contribution is 2.27. The maximum absolute atomic E-state index is 12.4. The van der Waals surface area contributed by atoms with Crippen LogP contribution in [0.25, 0.3) is 0 Å². The first kappa shape index (κ1) is 14.4. The van der Waals surface area contributed by atoms with Gasteiger partial charge in [-0.15, -0.1) is 0 Å². The van der Waals surface area contributed by atoms with E-state index in [0.29, 0.717) is 20.7 Å². The van der Waals surface area contributed by atoms with Gasteiger partial charge in [0.25, 0.3) is 0 Å². The van der Waals surface area contributed by atoms with Crippen LogP contribution in [0.2, 0.25) is 5.02 Å². The fourth-order valence-corrected chi connectivity index (χ4v) is 4.36. The molecule has 0 atom stereocenters. The number of halogens is 2. The summed E-state index contributed by atoms with van der Waals surface area (Å²) in [5, 5.41) is 0.464. The van der Waals surface area contributed by atoms with Crippen molar-refractivity contribution in [1.29, 1.82) is 0 Å². The van der Waals surface area contributed by atoms with E-state index in [9.17, 15) is 8.42 Å². The van der Waals surface area contributed by atoms with Crippen molar-refractivity contribution in [2.24, 2.45) is 0 Å². The molecule has 19 heavy (non-hydrogen) atoms. The summed E-state index contributed by atoms with van der Waals surface area (Å²) >= 11 is 9.11. The van der Waals surface area contributed by atoms with E-state index in [1.165, 1.54) is 0 Å². The quantitative estimate of drug-likeness (QED) is 0.850. The van der Waals surface area contributed by atoms with Crippen molar-refractivity contribution in [3.8, 4) is 0 Å². The van der Waals surface area contributed by atoms with Crippen LogP contribution >= 0.6 is 27.5 Å². The number of hydrogen-bond donors (Lipinski definition) is 1. The van der Waals surface area contributed by atoms with Gasteiger partial charge < -0.3 is 5.73 Å². The zero-order valence-corrected chi connectivity index (χ0v) is 13.0. The molecule has 0 unspecified atom stereocenters. The van der Waals surface area contributed by atoms with Crippen molar-refractivity contribution >= 4 is 43.1 Å². The number of anilines is 1. The number of nitrogen functional groups attached to an aromatic ring is 1. The molecule has 0 aromatic heterocycles. The van der Waals surface area contributed by atoms with Crippen LogP contribution in [0.4, 0.5) is 5.69 Å². The van der Waals surface area contributed by atoms with Crippen LogP contribution in [0.1, 0.15) is 5.56 Å². The Kier molecular flexibility index (Phi) is 4.18.